The molecular weight excluding hydrogens is 318 g/mol. The summed E-state index contributed by atoms with van der Waals surface area (Å²) in [5.41, 5.74) is 2.52. The van der Waals surface area contributed by atoms with Crippen molar-refractivity contribution in [2.45, 2.75) is 32.1 Å². The molecule has 2 N–H and O–H groups in total. The Morgan fingerprint density at radius 1 is 1.12 bits per heavy atom. The van der Waals surface area contributed by atoms with E-state index >= 15 is 0 Å². The number of allylic oxidation sites excluding steroid dienone is 1. The van der Waals surface area contributed by atoms with Gasteiger partial charge in [0.25, 0.3) is 0 Å². The normalized spacial score (nSPS) is 13.5. The highest BCUT2D eigenvalue weighted by atomic mass is 16.5. The summed E-state index contributed by atoms with van der Waals surface area (Å²) in [5.74, 6) is -0.563. The summed E-state index contributed by atoms with van der Waals surface area (Å²) < 4.78 is 5.13. The molecule has 1 aromatic carbocycles. The Bertz CT molecular complexity index is 659. The number of carbonyl (C=O) groups excluding carboxylic acids is 2. The second-order valence-electron chi connectivity index (χ2n) is 5.94. The number of nitrogens with one attached hydrogen (secondary N) is 2. The Morgan fingerprint density at radius 3 is 2.56 bits per heavy atom. The van der Waals surface area contributed by atoms with Gasteiger partial charge in [0.15, 0.2) is 0 Å². The highest BCUT2D eigenvalue weighted by Gasteiger charge is 2.07. The predicted molar refractivity (Wildman–Crippen MR) is 94.8 cm³/mol. The van der Waals surface area contributed by atoms with Crippen LogP contribution in [0.25, 0.3) is 0 Å². The molecule has 0 aliphatic heterocycles. The number of hydrogen-bond acceptors (Lipinski definition) is 4. The number of nitriles is 1. The monoisotopic (exact) mass is 341 g/mol. The van der Waals surface area contributed by atoms with E-state index < -0.39 is 0 Å². The van der Waals surface area contributed by atoms with Crippen molar-refractivity contribution in [1.29, 1.82) is 5.26 Å². The zero-order chi connectivity index (χ0) is 17.9. The van der Waals surface area contributed by atoms with Crippen LogP contribution in [0.2, 0.25) is 0 Å². The average Bonchev–Trinajstić information content (AvgIpc) is 2.63. The molecular formula is C19H23N3O3. The van der Waals surface area contributed by atoms with Gasteiger partial charge >= 0.3 is 0 Å². The number of carbonyl (C=O) groups is 2. The molecule has 0 atom stereocenters. The number of hydrogen-bond donors (Lipinski definition) is 2. The van der Waals surface area contributed by atoms with Gasteiger partial charge in [-0.3, -0.25) is 9.59 Å². The molecule has 6 heteroatoms. The van der Waals surface area contributed by atoms with E-state index in [1.54, 1.807) is 24.3 Å². The fraction of sp³-hybridized carbons (Fsp3) is 0.421. The summed E-state index contributed by atoms with van der Waals surface area (Å²) in [7, 11) is 0. The van der Waals surface area contributed by atoms with Crippen molar-refractivity contribution < 1.29 is 14.3 Å². The summed E-state index contributed by atoms with van der Waals surface area (Å²) in [6.07, 6.45) is 7.90. The Balaban J connectivity index is 1.57. The third-order valence-corrected chi connectivity index (χ3v) is 3.92. The van der Waals surface area contributed by atoms with E-state index in [0.29, 0.717) is 17.8 Å². The minimum atomic E-state index is -0.343. The zero-order valence-electron chi connectivity index (χ0n) is 14.2. The summed E-state index contributed by atoms with van der Waals surface area (Å²) in [4.78, 5) is 23.4. The summed E-state index contributed by atoms with van der Waals surface area (Å²) >= 11 is 0. The van der Waals surface area contributed by atoms with E-state index in [4.69, 9.17) is 10.00 Å². The molecule has 0 radical (unpaired) electrons. The summed E-state index contributed by atoms with van der Waals surface area (Å²) in [5, 5.41) is 14.2. The number of rotatable bonds is 8. The third kappa shape index (κ3) is 7.19. The van der Waals surface area contributed by atoms with Crippen molar-refractivity contribution >= 4 is 17.5 Å². The number of nitrogens with zero attached hydrogens (tertiary/aromatic N) is 1. The van der Waals surface area contributed by atoms with Gasteiger partial charge in [0, 0.05) is 12.2 Å². The van der Waals surface area contributed by atoms with Crippen molar-refractivity contribution in [3.05, 3.63) is 41.5 Å². The summed E-state index contributed by atoms with van der Waals surface area (Å²) in [6, 6.07) is 8.52. The molecule has 1 aliphatic carbocycles. The molecule has 0 aromatic heterocycles. The van der Waals surface area contributed by atoms with E-state index in [1.807, 2.05) is 6.07 Å². The quantitative estimate of drug-likeness (QED) is 0.711. The van der Waals surface area contributed by atoms with Crippen LogP contribution in [0.1, 0.15) is 37.7 Å². The van der Waals surface area contributed by atoms with E-state index in [9.17, 15) is 9.59 Å². The minimum absolute atomic E-state index is 0.139. The lowest BCUT2D eigenvalue weighted by atomic mass is 9.97. The molecule has 2 rings (SSSR count). The first-order valence-corrected chi connectivity index (χ1v) is 8.50. The van der Waals surface area contributed by atoms with Gasteiger partial charge in [-0.25, -0.2) is 0 Å². The van der Waals surface area contributed by atoms with Crippen LogP contribution in [-0.4, -0.2) is 31.6 Å². The first-order valence-electron chi connectivity index (χ1n) is 8.50. The maximum absolute atomic E-state index is 11.7. The molecule has 1 aromatic rings. The number of benzene rings is 1. The smallest absolute Gasteiger partial charge is 0.250 e. The molecule has 0 bridgehead atoms. The number of anilines is 1. The Morgan fingerprint density at radius 2 is 1.88 bits per heavy atom. The van der Waals surface area contributed by atoms with Gasteiger partial charge in [-0.2, -0.15) is 5.26 Å². The Kier molecular flexibility index (Phi) is 7.67. The van der Waals surface area contributed by atoms with Crippen LogP contribution in [0.15, 0.2) is 35.9 Å². The molecule has 0 heterocycles. The second kappa shape index (κ2) is 10.3. The van der Waals surface area contributed by atoms with E-state index in [1.165, 1.54) is 18.4 Å². The highest BCUT2D eigenvalue weighted by Crippen LogP contribution is 2.19. The van der Waals surface area contributed by atoms with Gasteiger partial charge in [-0.15, -0.1) is 0 Å². The van der Waals surface area contributed by atoms with Crippen molar-refractivity contribution in [2.75, 3.05) is 25.1 Å². The van der Waals surface area contributed by atoms with Crippen molar-refractivity contribution in [3.8, 4) is 6.07 Å². The lowest BCUT2D eigenvalue weighted by Crippen LogP contribution is -2.30. The molecule has 0 saturated carbocycles. The Hall–Kier alpha value is -2.65. The molecule has 1 aliphatic rings. The second-order valence-corrected chi connectivity index (χ2v) is 5.94. The molecule has 25 heavy (non-hydrogen) atoms. The highest BCUT2D eigenvalue weighted by molar-refractivity contribution is 5.91. The first-order chi connectivity index (χ1) is 12.2. The zero-order valence-corrected chi connectivity index (χ0v) is 14.2. The van der Waals surface area contributed by atoms with Gasteiger partial charge in [0.05, 0.1) is 11.6 Å². The van der Waals surface area contributed by atoms with Crippen molar-refractivity contribution in [3.63, 3.8) is 0 Å². The lowest BCUT2D eigenvalue weighted by Gasteiger charge is -2.13. The molecule has 0 spiro atoms. The third-order valence-electron chi connectivity index (χ3n) is 3.92. The predicted octanol–water partition coefficient (Wildman–Crippen LogP) is 2.52. The first kappa shape index (κ1) is 18.7. The molecule has 0 unspecified atom stereocenters. The Labute approximate surface area is 147 Å². The molecule has 0 fully saturated rings. The summed E-state index contributed by atoms with van der Waals surface area (Å²) in [6.45, 7) is 0.268. The maximum Gasteiger partial charge on any atom is 0.250 e. The fourth-order valence-electron chi connectivity index (χ4n) is 2.61. The number of ether oxygens (including phenoxy) is 1. The van der Waals surface area contributed by atoms with E-state index in [-0.39, 0.29) is 25.0 Å². The van der Waals surface area contributed by atoms with Gasteiger partial charge < -0.3 is 15.4 Å². The van der Waals surface area contributed by atoms with Crippen LogP contribution in [0, 0.1) is 11.3 Å². The number of amides is 2. The van der Waals surface area contributed by atoms with Gasteiger partial charge in [0.2, 0.25) is 11.8 Å². The van der Waals surface area contributed by atoms with Crippen LogP contribution in [0.3, 0.4) is 0 Å². The van der Waals surface area contributed by atoms with Crippen LogP contribution < -0.4 is 10.6 Å². The minimum Gasteiger partial charge on any atom is -0.362 e. The van der Waals surface area contributed by atoms with Crippen LogP contribution >= 0.6 is 0 Å². The maximum atomic E-state index is 11.7. The van der Waals surface area contributed by atoms with Crippen LogP contribution in [0.5, 0.6) is 0 Å². The standard InChI is InChI=1S/C19H23N3O3/c20-12-16-6-8-17(9-7-16)22-19(24)14-25-13-18(23)21-11-10-15-4-2-1-3-5-15/h4,6-9H,1-3,5,10-11,13-14H2,(H,21,23)(H,22,24). The molecule has 132 valence electrons. The topological polar surface area (TPSA) is 91.2 Å². The van der Waals surface area contributed by atoms with Gasteiger partial charge in [-0.05, 0) is 56.4 Å². The van der Waals surface area contributed by atoms with Gasteiger partial charge in [-0.1, -0.05) is 11.6 Å². The van der Waals surface area contributed by atoms with Crippen molar-refractivity contribution in [1.82, 2.24) is 5.32 Å². The average molecular weight is 341 g/mol. The van der Waals surface area contributed by atoms with E-state index in [2.05, 4.69) is 16.7 Å². The lowest BCUT2D eigenvalue weighted by molar-refractivity contribution is -0.128. The SMILES string of the molecule is N#Cc1ccc(NC(=O)COCC(=O)NCCC2=CCCCC2)cc1. The van der Waals surface area contributed by atoms with E-state index in [0.717, 1.165) is 19.3 Å². The van der Waals surface area contributed by atoms with Crippen molar-refractivity contribution in [2.24, 2.45) is 0 Å². The fourth-order valence-corrected chi connectivity index (χ4v) is 2.61. The molecule has 2 amide bonds. The van der Waals surface area contributed by atoms with Crippen LogP contribution in [0.4, 0.5) is 5.69 Å². The molecule has 0 saturated heterocycles. The van der Waals surface area contributed by atoms with Crippen LogP contribution in [-0.2, 0) is 14.3 Å². The largest absolute Gasteiger partial charge is 0.362 e. The molecule has 6 nitrogen and oxygen atoms in total. The van der Waals surface area contributed by atoms with Gasteiger partial charge in [0.1, 0.15) is 13.2 Å².